The molecule has 1 saturated heterocycles. The lowest BCUT2D eigenvalue weighted by Crippen LogP contribution is -2.40. The summed E-state index contributed by atoms with van der Waals surface area (Å²) in [5, 5.41) is 9.02. The Labute approximate surface area is 120 Å². The number of nitrogens with zero attached hydrogens (tertiary/aromatic N) is 1. The van der Waals surface area contributed by atoms with Crippen molar-refractivity contribution in [3.05, 3.63) is 29.3 Å². The average Bonchev–Trinajstić information content (AvgIpc) is 2.45. The molecule has 1 aliphatic heterocycles. The van der Waals surface area contributed by atoms with Crippen LogP contribution in [0.3, 0.4) is 0 Å². The molecule has 1 aromatic carbocycles. The first-order valence-electron chi connectivity index (χ1n) is 7.32. The van der Waals surface area contributed by atoms with Gasteiger partial charge in [-0.25, -0.2) is 4.79 Å². The van der Waals surface area contributed by atoms with Crippen LogP contribution in [0.2, 0.25) is 0 Å². The summed E-state index contributed by atoms with van der Waals surface area (Å²) in [5.74, 6) is -0.873. The summed E-state index contributed by atoms with van der Waals surface area (Å²) < 4.78 is 5.85. The fourth-order valence-corrected chi connectivity index (χ4v) is 2.72. The molecular weight excluding hydrogens is 254 g/mol. The molecule has 1 aromatic rings. The van der Waals surface area contributed by atoms with Gasteiger partial charge in [-0.15, -0.1) is 0 Å². The van der Waals surface area contributed by atoms with Gasteiger partial charge in [0.25, 0.3) is 0 Å². The Bertz CT molecular complexity index is 473. The molecular formula is C16H23NO3. The van der Waals surface area contributed by atoms with Gasteiger partial charge in [-0.3, -0.25) is 0 Å². The quantitative estimate of drug-likeness (QED) is 0.898. The van der Waals surface area contributed by atoms with Gasteiger partial charge >= 0.3 is 5.97 Å². The van der Waals surface area contributed by atoms with Crippen LogP contribution in [0.1, 0.15) is 42.1 Å². The number of piperidine rings is 1. The Morgan fingerprint density at radius 3 is 2.95 bits per heavy atom. The number of carbonyl (C=O) groups is 1. The largest absolute Gasteiger partial charge is 0.478 e. The highest BCUT2D eigenvalue weighted by Crippen LogP contribution is 2.25. The summed E-state index contributed by atoms with van der Waals surface area (Å²) in [7, 11) is 0. The molecule has 1 heterocycles. The number of carboxylic acid groups (broad SMARTS) is 1. The van der Waals surface area contributed by atoms with Gasteiger partial charge in [0, 0.05) is 25.4 Å². The highest BCUT2D eigenvalue weighted by molar-refractivity contribution is 5.88. The molecule has 2 rings (SSSR count). The van der Waals surface area contributed by atoms with E-state index in [1.807, 2.05) is 13.0 Å². The minimum Gasteiger partial charge on any atom is -0.478 e. The van der Waals surface area contributed by atoms with Gasteiger partial charge in [-0.1, -0.05) is 6.92 Å². The zero-order valence-electron chi connectivity index (χ0n) is 12.3. The van der Waals surface area contributed by atoms with Crippen molar-refractivity contribution in [2.45, 2.75) is 39.2 Å². The lowest BCUT2D eigenvalue weighted by molar-refractivity contribution is 0.0440. The molecule has 1 fully saturated rings. The Balaban J connectivity index is 2.08. The van der Waals surface area contributed by atoms with E-state index in [9.17, 15) is 4.79 Å². The third-order valence-corrected chi connectivity index (χ3v) is 3.72. The molecule has 0 radical (unpaired) electrons. The number of rotatable bonds is 5. The third kappa shape index (κ3) is 3.51. The number of aromatic carboxylic acids is 1. The lowest BCUT2D eigenvalue weighted by atomic mass is 10.0. The number of hydrogen-bond donors (Lipinski definition) is 1. The van der Waals surface area contributed by atoms with E-state index in [-0.39, 0.29) is 0 Å². The maximum Gasteiger partial charge on any atom is 0.335 e. The first-order chi connectivity index (χ1) is 9.61. The zero-order chi connectivity index (χ0) is 14.5. The molecule has 1 aliphatic rings. The van der Waals surface area contributed by atoms with Crippen LogP contribution in [0.25, 0.3) is 0 Å². The number of ether oxygens (including phenoxy) is 1. The fourth-order valence-electron chi connectivity index (χ4n) is 2.72. The van der Waals surface area contributed by atoms with Crippen molar-refractivity contribution >= 4 is 11.7 Å². The lowest BCUT2D eigenvalue weighted by Gasteiger charge is -2.35. The van der Waals surface area contributed by atoms with Crippen molar-refractivity contribution < 1.29 is 14.6 Å². The maximum absolute atomic E-state index is 11.0. The Kier molecular flexibility index (Phi) is 5.01. The van der Waals surface area contributed by atoms with Gasteiger partial charge in [-0.05, 0) is 49.9 Å². The van der Waals surface area contributed by atoms with Crippen LogP contribution in [0.15, 0.2) is 18.2 Å². The van der Waals surface area contributed by atoms with Crippen LogP contribution in [0.5, 0.6) is 0 Å². The molecule has 20 heavy (non-hydrogen) atoms. The van der Waals surface area contributed by atoms with E-state index in [1.165, 1.54) is 0 Å². The highest BCUT2D eigenvalue weighted by Gasteiger charge is 2.21. The van der Waals surface area contributed by atoms with Crippen molar-refractivity contribution in [2.24, 2.45) is 0 Å². The number of aryl methyl sites for hydroxylation is 1. The van der Waals surface area contributed by atoms with E-state index in [0.717, 1.165) is 50.2 Å². The summed E-state index contributed by atoms with van der Waals surface area (Å²) in [5.41, 5.74) is 2.49. The number of carboxylic acids is 1. The van der Waals surface area contributed by atoms with Crippen molar-refractivity contribution in [1.29, 1.82) is 0 Å². The van der Waals surface area contributed by atoms with Gasteiger partial charge in [0.2, 0.25) is 0 Å². The first-order valence-corrected chi connectivity index (χ1v) is 7.32. The van der Waals surface area contributed by atoms with E-state index in [4.69, 9.17) is 9.84 Å². The molecule has 1 unspecified atom stereocenters. The van der Waals surface area contributed by atoms with Crippen molar-refractivity contribution in [3.8, 4) is 0 Å². The molecule has 0 aromatic heterocycles. The summed E-state index contributed by atoms with van der Waals surface area (Å²) in [6, 6.07) is 5.34. The van der Waals surface area contributed by atoms with Crippen LogP contribution in [-0.4, -0.2) is 36.9 Å². The number of hydrogen-bond acceptors (Lipinski definition) is 3. The predicted octanol–water partition coefficient (Wildman–Crippen LogP) is 3.09. The molecule has 110 valence electrons. The van der Waals surface area contributed by atoms with E-state index in [1.54, 1.807) is 12.1 Å². The van der Waals surface area contributed by atoms with Crippen molar-refractivity contribution in [1.82, 2.24) is 0 Å². The van der Waals surface area contributed by atoms with Gasteiger partial charge in [-0.2, -0.15) is 0 Å². The van der Waals surface area contributed by atoms with Crippen molar-refractivity contribution in [2.75, 3.05) is 24.6 Å². The number of benzene rings is 1. The summed E-state index contributed by atoms with van der Waals surface area (Å²) in [6.07, 6.45) is 3.57. The molecule has 0 spiro atoms. The molecule has 4 heteroatoms. The van der Waals surface area contributed by atoms with Crippen LogP contribution in [-0.2, 0) is 4.74 Å². The van der Waals surface area contributed by atoms with Crippen LogP contribution >= 0.6 is 0 Å². The Morgan fingerprint density at radius 2 is 2.30 bits per heavy atom. The highest BCUT2D eigenvalue weighted by atomic mass is 16.5. The zero-order valence-corrected chi connectivity index (χ0v) is 12.3. The van der Waals surface area contributed by atoms with Gasteiger partial charge in [0.05, 0.1) is 11.7 Å². The number of anilines is 1. The van der Waals surface area contributed by atoms with Crippen LogP contribution in [0, 0.1) is 6.92 Å². The molecule has 1 atom stereocenters. The molecule has 0 bridgehead atoms. The molecule has 1 N–H and O–H groups in total. The smallest absolute Gasteiger partial charge is 0.335 e. The topological polar surface area (TPSA) is 49.8 Å². The van der Waals surface area contributed by atoms with Gasteiger partial charge in [0.15, 0.2) is 0 Å². The maximum atomic E-state index is 11.0. The van der Waals surface area contributed by atoms with Gasteiger partial charge < -0.3 is 14.7 Å². The second kappa shape index (κ2) is 6.75. The normalized spacial score (nSPS) is 19.1. The Morgan fingerprint density at radius 1 is 1.50 bits per heavy atom. The molecule has 4 nitrogen and oxygen atoms in total. The Hall–Kier alpha value is -1.55. The fraction of sp³-hybridized carbons (Fsp3) is 0.562. The van der Waals surface area contributed by atoms with E-state index in [2.05, 4.69) is 11.8 Å². The predicted molar refractivity (Wildman–Crippen MR) is 79.6 cm³/mol. The molecule has 0 aliphatic carbocycles. The first kappa shape index (κ1) is 14.9. The van der Waals surface area contributed by atoms with E-state index >= 15 is 0 Å². The second-order valence-corrected chi connectivity index (χ2v) is 5.39. The summed E-state index contributed by atoms with van der Waals surface area (Å²) >= 11 is 0. The van der Waals surface area contributed by atoms with Crippen LogP contribution in [0.4, 0.5) is 5.69 Å². The third-order valence-electron chi connectivity index (χ3n) is 3.72. The van der Waals surface area contributed by atoms with Crippen LogP contribution < -0.4 is 4.90 Å². The average molecular weight is 277 g/mol. The van der Waals surface area contributed by atoms with E-state index in [0.29, 0.717) is 11.7 Å². The minimum atomic E-state index is -0.873. The second-order valence-electron chi connectivity index (χ2n) is 5.39. The van der Waals surface area contributed by atoms with E-state index < -0.39 is 5.97 Å². The van der Waals surface area contributed by atoms with Crippen molar-refractivity contribution in [3.63, 3.8) is 0 Å². The molecule has 0 amide bonds. The van der Waals surface area contributed by atoms with Gasteiger partial charge in [0.1, 0.15) is 0 Å². The molecule has 0 saturated carbocycles. The minimum absolute atomic E-state index is 0.294. The standard InChI is InChI=1S/C16H23NO3/c1-3-9-20-14-5-4-8-17(11-14)15-7-6-13(16(18)19)10-12(15)2/h6-7,10,14H,3-5,8-9,11H2,1-2H3,(H,18,19). The monoisotopic (exact) mass is 277 g/mol. The summed E-state index contributed by atoms with van der Waals surface area (Å²) in [4.78, 5) is 13.3. The SMILES string of the molecule is CCCOC1CCCN(c2ccc(C(=O)O)cc2C)C1. The summed E-state index contributed by atoms with van der Waals surface area (Å²) in [6.45, 7) is 6.82.